The van der Waals surface area contributed by atoms with Gasteiger partial charge in [-0.1, -0.05) is 82.6 Å². The first-order chi connectivity index (χ1) is 46.6. The molecule has 6 rings (SSSR count). The number of carboxylic acid groups (broad SMARTS) is 2. The lowest BCUT2D eigenvalue weighted by Gasteiger charge is -2.30. The molecule has 3 aromatic carbocycles. The van der Waals surface area contributed by atoms with E-state index in [4.69, 9.17) is 11.5 Å². The Balaban J connectivity index is 1.11. The lowest BCUT2D eigenvalue weighted by Crippen LogP contribution is -2.61. The molecule has 530 valence electrons. The maximum absolute atomic E-state index is 14.4. The van der Waals surface area contributed by atoms with Crippen LogP contribution in [0.2, 0.25) is 0 Å². The lowest BCUT2D eigenvalue weighted by atomic mass is 9.96. The number of aliphatic carboxylic acids is 2. The summed E-state index contributed by atoms with van der Waals surface area (Å²) >= 11 is 8.67. The van der Waals surface area contributed by atoms with Crippen molar-refractivity contribution in [2.45, 2.75) is 159 Å². The Morgan fingerprint density at radius 2 is 1.12 bits per heavy atom. The van der Waals surface area contributed by atoms with E-state index in [-0.39, 0.29) is 81.1 Å². The summed E-state index contributed by atoms with van der Waals surface area (Å²) in [6.07, 6.45) is 2.27. The molecule has 1 aliphatic rings. The molecule has 0 bridgehead atoms. The summed E-state index contributed by atoms with van der Waals surface area (Å²) in [5, 5.41) is 54.1. The minimum atomic E-state index is -1.53. The Hall–Kier alpha value is -9.69. The summed E-state index contributed by atoms with van der Waals surface area (Å²) in [6, 6.07) is 6.52. The number of H-pyrrole nitrogens is 2. The van der Waals surface area contributed by atoms with Crippen LogP contribution in [-0.2, 0) is 81.6 Å². The predicted molar refractivity (Wildman–Crippen MR) is 367 cm³/mol. The predicted octanol–water partition coefficient (Wildman–Crippen LogP) is -0.138. The molecule has 32 heteroatoms. The number of aromatic hydroxyl groups is 1. The number of phenolic OH excluding ortho intramolecular Hbond substituents is 1. The number of aromatic nitrogens is 2. The molecule has 30 nitrogen and oxygen atoms in total. The molecule has 0 spiro atoms. The summed E-state index contributed by atoms with van der Waals surface area (Å²) < 4.78 is 0. The molecule has 1 fully saturated rings. The van der Waals surface area contributed by atoms with Crippen LogP contribution in [0.5, 0.6) is 5.75 Å². The van der Waals surface area contributed by atoms with Crippen molar-refractivity contribution in [3.8, 4) is 5.75 Å². The molecule has 11 atom stereocenters. The average Bonchev–Trinajstić information content (AvgIpc) is 1.46. The minimum Gasteiger partial charge on any atom is -0.508 e. The molecule has 0 radical (unpaired) electrons. The van der Waals surface area contributed by atoms with Crippen molar-refractivity contribution in [2.75, 3.05) is 24.6 Å². The largest absolute Gasteiger partial charge is 0.508 e. The topological polar surface area (TPSA) is 478 Å². The van der Waals surface area contributed by atoms with Gasteiger partial charge >= 0.3 is 11.9 Å². The highest BCUT2D eigenvalue weighted by atomic mass is 32.1. The Labute approximate surface area is 576 Å². The van der Waals surface area contributed by atoms with Gasteiger partial charge in [-0.2, -0.15) is 25.3 Å². The number of nitrogens with zero attached hydrogens (tertiary/aromatic N) is 1. The summed E-state index contributed by atoms with van der Waals surface area (Å²) in [4.78, 5) is 183. The van der Waals surface area contributed by atoms with Crippen LogP contribution in [0.1, 0.15) is 95.8 Å². The van der Waals surface area contributed by atoms with Crippen molar-refractivity contribution in [3.05, 3.63) is 102 Å². The molecule has 2 aromatic heterocycles. The van der Waals surface area contributed by atoms with Crippen LogP contribution in [0.3, 0.4) is 0 Å². The Kier molecular flexibility index (Phi) is 29.3. The molecule has 18 N–H and O–H groups in total. The summed E-state index contributed by atoms with van der Waals surface area (Å²) in [5.41, 5.74) is 14.8. The van der Waals surface area contributed by atoms with Crippen molar-refractivity contribution in [1.29, 1.82) is 0 Å². The number of fused-ring (bicyclic) bond motifs is 2. The van der Waals surface area contributed by atoms with Crippen LogP contribution in [-0.4, -0.2) is 192 Å². The molecule has 0 aliphatic carbocycles. The summed E-state index contributed by atoms with van der Waals surface area (Å²) in [5.74, 6) is -13.5. The van der Waals surface area contributed by atoms with Gasteiger partial charge in [0.1, 0.15) is 60.1 Å². The number of rotatable bonds is 38. The van der Waals surface area contributed by atoms with E-state index in [1.807, 2.05) is 24.3 Å². The molecule has 11 amide bonds. The molecular formula is C66H88N14O16S2. The van der Waals surface area contributed by atoms with Crippen LogP contribution < -0.4 is 59.3 Å². The zero-order chi connectivity index (χ0) is 71.9. The highest BCUT2D eigenvalue weighted by molar-refractivity contribution is 7.80. The van der Waals surface area contributed by atoms with Gasteiger partial charge in [0.15, 0.2) is 0 Å². The van der Waals surface area contributed by atoms with Crippen LogP contribution in [0.15, 0.2) is 85.2 Å². The Morgan fingerprint density at radius 1 is 0.592 bits per heavy atom. The van der Waals surface area contributed by atoms with Gasteiger partial charge in [0, 0.05) is 77.9 Å². The standard InChI is InChI=1S/C66H88N14O16S2/c1-5-35(4)56(64(93)74-46(66(95)96)20-22-53(68)82)79-61(90)49(28-38-30-70-44-14-9-7-12-41(38)44)75-62(91)50(32-97)77-60(89)47(25-34(2)3)72-54(83)31-71-58(87)48(26-36-16-18-39(81)19-17-36)76-63(92)52-15-10-24-80(52)65(94)51(33-98)78-59(88)45(21-23-55(84)85)73-57(86)42(67)27-37-29-69-43-13-8-6-11-40(37)43/h6-9,11-14,16-19,29-30,34-35,42,45-52,56,69-70,81,97-98H,5,10,15,20-28,31-33,67H2,1-4H3,(H2,68,82)(H,71,87)(H,72,83)(H,73,86)(H,74,93)(H,75,91)(H,76,92)(H,77,89)(H,78,88)(H,79,90)(H,84,85)(H,95,96)/t35-,42-,45-,46-,47-,48-,49-,50-,51-,52-,56-/m0/s1. The molecule has 0 unspecified atom stereocenters. The lowest BCUT2D eigenvalue weighted by molar-refractivity contribution is -0.143. The fourth-order valence-corrected chi connectivity index (χ4v) is 11.7. The summed E-state index contributed by atoms with van der Waals surface area (Å²) in [7, 11) is 0. The first-order valence-corrected chi connectivity index (χ1v) is 33.5. The molecule has 1 aliphatic heterocycles. The number of hydrogen-bond acceptors (Lipinski definition) is 17. The highest BCUT2D eigenvalue weighted by Crippen LogP contribution is 2.24. The SMILES string of the molecule is CC[C@H](C)[C@H](NC(=O)[C@H](Cc1c[nH]c2ccccc12)NC(=O)[C@H](CS)NC(=O)[C@H](CC(C)C)NC(=O)CNC(=O)[C@H](Cc1ccc(O)cc1)NC(=O)[C@@H]1CCCN1C(=O)[C@H](CS)NC(=O)[C@H](CCC(=O)O)NC(=O)[C@@H](N)Cc1c[nH]c2ccccc12)C(=O)N[C@@H](CCC(N)=O)C(=O)O. The van der Waals surface area contributed by atoms with Crippen molar-refractivity contribution in [2.24, 2.45) is 23.3 Å². The van der Waals surface area contributed by atoms with Gasteiger partial charge in [0.2, 0.25) is 65.0 Å². The zero-order valence-corrected chi connectivity index (χ0v) is 56.6. The normalized spacial score (nSPS) is 15.9. The number of nitrogens with two attached hydrogens (primary N) is 2. The highest BCUT2D eigenvalue weighted by Gasteiger charge is 2.41. The third kappa shape index (κ3) is 22.4. The maximum Gasteiger partial charge on any atom is 0.326 e. The van der Waals surface area contributed by atoms with E-state index in [1.54, 1.807) is 64.4 Å². The van der Waals surface area contributed by atoms with Crippen molar-refractivity contribution in [1.82, 2.24) is 62.7 Å². The number of para-hydroxylation sites is 2. The van der Waals surface area contributed by atoms with Crippen molar-refractivity contribution >= 4 is 124 Å². The number of carbonyl (C=O) groups is 13. The van der Waals surface area contributed by atoms with E-state index >= 15 is 0 Å². The van der Waals surface area contributed by atoms with Crippen LogP contribution in [0.25, 0.3) is 21.8 Å². The fourth-order valence-electron chi connectivity index (χ4n) is 11.2. The number of amides is 11. The van der Waals surface area contributed by atoms with Crippen LogP contribution in [0, 0.1) is 11.8 Å². The molecule has 3 heterocycles. The monoisotopic (exact) mass is 1400 g/mol. The van der Waals surface area contributed by atoms with Crippen LogP contribution in [0.4, 0.5) is 0 Å². The van der Waals surface area contributed by atoms with E-state index in [1.165, 1.54) is 29.2 Å². The average molecular weight is 1400 g/mol. The van der Waals surface area contributed by atoms with Crippen LogP contribution >= 0.6 is 25.3 Å². The number of nitrogens with one attached hydrogen (secondary N) is 11. The first kappa shape index (κ1) is 77.3. The van der Waals surface area contributed by atoms with Gasteiger partial charge in [-0.15, -0.1) is 0 Å². The third-order valence-electron chi connectivity index (χ3n) is 16.8. The maximum atomic E-state index is 14.4. The molecule has 98 heavy (non-hydrogen) atoms. The number of aromatic amines is 2. The third-order valence-corrected chi connectivity index (χ3v) is 17.5. The second-order valence-corrected chi connectivity index (χ2v) is 25.4. The van der Waals surface area contributed by atoms with Gasteiger partial charge in [-0.3, -0.25) is 57.5 Å². The molecule has 5 aromatic rings. The van der Waals surface area contributed by atoms with E-state index < -0.39 is 156 Å². The first-order valence-electron chi connectivity index (χ1n) is 32.2. The number of likely N-dealkylation sites (tertiary alicyclic amines) is 1. The number of carboxylic acids is 2. The smallest absolute Gasteiger partial charge is 0.326 e. The number of thiol groups is 2. The minimum absolute atomic E-state index is 0.0138. The van der Waals surface area contributed by atoms with Crippen molar-refractivity contribution in [3.63, 3.8) is 0 Å². The van der Waals surface area contributed by atoms with E-state index in [0.717, 1.165) is 16.5 Å². The Morgan fingerprint density at radius 3 is 1.70 bits per heavy atom. The number of carbonyl (C=O) groups excluding carboxylic acids is 11. The second-order valence-electron chi connectivity index (χ2n) is 24.6. The van der Waals surface area contributed by atoms with Gasteiger partial charge in [0.25, 0.3) is 0 Å². The van der Waals surface area contributed by atoms with Crippen molar-refractivity contribution < 1.29 is 77.6 Å². The fraction of sp³-hybridized carbons (Fsp3) is 0.470. The number of hydrogen-bond donors (Lipinski definition) is 18. The van der Waals surface area contributed by atoms with E-state index in [2.05, 4.69) is 83.1 Å². The zero-order valence-electron chi connectivity index (χ0n) is 54.8. The summed E-state index contributed by atoms with van der Waals surface area (Å²) in [6.45, 7) is 6.20. The van der Waals surface area contributed by atoms with Gasteiger partial charge in [-0.25, -0.2) is 4.79 Å². The van der Waals surface area contributed by atoms with Gasteiger partial charge < -0.3 is 89.5 Å². The molecular weight excluding hydrogens is 1310 g/mol. The Bertz CT molecular complexity index is 3680. The van der Waals surface area contributed by atoms with E-state index in [0.29, 0.717) is 34.9 Å². The quantitative estimate of drug-likeness (QED) is 0.0229. The molecule has 1 saturated heterocycles. The number of phenols is 1. The van der Waals surface area contributed by atoms with Gasteiger partial charge in [-0.05, 0) is 91.3 Å². The van der Waals surface area contributed by atoms with E-state index in [9.17, 15) is 77.6 Å². The number of benzene rings is 3. The number of primary amides is 1. The van der Waals surface area contributed by atoms with Gasteiger partial charge in [0.05, 0.1) is 12.6 Å². The second kappa shape index (κ2) is 37.2. The molecule has 0 saturated carbocycles.